The van der Waals surface area contributed by atoms with E-state index in [-0.39, 0.29) is 11.1 Å². The van der Waals surface area contributed by atoms with Gasteiger partial charge in [-0.3, -0.25) is 14.4 Å². The molecule has 24 heavy (non-hydrogen) atoms. The standard InChI is InChI=1S/C17H18N4O3/c18-16(23)11-3-4-15(21-7-1-2-8-21)13(9-11)20-17(24)14-10-12(22)5-6-19-14/h3-6,9-10H,1-2,7-8H2,(H2,18,23)(H,19,22)(H,20,24). The van der Waals surface area contributed by atoms with Crippen molar-refractivity contribution >= 4 is 23.2 Å². The van der Waals surface area contributed by atoms with Gasteiger partial charge in [-0.1, -0.05) is 0 Å². The molecule has 7 heteroatoms. The number of carbonyl (C=O) groups is 2. The van der Waals surface area contributed by atoms with E-state index in [0.717, 1.165) is 31.6 Å². The van der Waals surface area contributed by atoms with Crippen molar-refractivity contribution in [3.05, 3.63) is 58.0 Å². The summed E-state index contributed by atoms with van der Waals surface area (Å²) in [7, 11) is 0. The number of hydrogen-bond donors (Lipinski definition) is 3. The van der Waals surface area contributed by atoms with E-state index >= 15 is 0 Å². The minimum atomic E-state index is -0.563. The van der Waals surface area contributed by atoms with Crippen LogP contribution in [-0.2, 0) is 0 Å². The number of H-pyrrole nitrogens is 1. The highest BCUT2D eigenvalue weighted by Crippen LogP contribution is 2.30. The molecule has 1 aromatic carbocycles. The Hall–Kier alpha value is -3.09. The third-order valence-electron chi connectivity index (χ3n) is 3.99. The second-order valence-corrected chi connectivity index (χ2v) is 5.68. The molecule has 2 heterocycles. The number of aromatic amines is 1. The van der Waals surface area contributed by atoms with Gasteiger partial charge in [-0.05, 0) is 31.0 Å². The molecule has 1 aromatic heterocycles. The monoisotopic (exact) mass is 326 g/mol. The maximum Gasteiger partial charge on any atom is 0.272 e. The molecule has 4 N–H and O–H groups in total. The number of nitrogens with one attached hydrogen (secondary N) is 2. The summed E-state index contributed by atoms with van der Waals surface area (Å²) in [6, 6.07) is 7.56. The summed E-state index contributed by atoms with van der Waals surface area (Å²) in [6.45, 7) is 1.78. The molecule has 3 rings (SSSR count). The molecular formula is C17H18N4O3. The fraction of sp³-hybridized carbons (Fsp3) is 0.235. The van der Waals surface area contributed by atoms with Crippen LogP contribution in [0.5, 0.6) is 0 Å². The Morgan fingerprint density at radius 1 is 1.12 bits per heavy atom. The van der Waals surface area contributed by atoms with Crippen LogP contribution in [0.1, 0.15) is 33.7 Å². The van der Waals surface area contributed by atoms with Crippen molar-refractivity contribution in [2.24, 2.45) is 5.73 Å². The molecule has 0 aliphatic carbocycles. The second kappa shape index (κ2) is 6.57. The molecular weight excluding hydrogens is 308 g/mol. The zero-order valence-electron chi connectivity index (χ0n) is 13.0. The van der Waals surface area contributed by atoms with Gasteiger partial charge in [0.2, 0.25) is 5.91 Å². The van der Waals surface area contributed by atoms with Gasteiger partial charge in [-0.25, -0.2) is 0 Å². The van der Waals surface area contributed by atoms with Crippen molar-refractivity contribution < 1.29 is 9.59 Å². The zero-order valence-corrected chi connectivity index (χ0v) is 13.0. The van der Waals surface area contributed by atoms with Crippen LogP contribution in [0.15, 0.2) is 41.3 Å². The molecule has 1 aliphatic rings. The number of aromatic nitrogens is 1. The van der Waals surface area contributed by atoms with Gasteiger partial charge in [-0.15, -0.1) is 0 Å². The summed E-state index contributed by atoms with van der Waals surface area (Å²) in [4.78, 5) is 40.1. The number of benzene rings is 1. The van der Waals surface area contributed by atoms with Crippen LogP contribution in [-0.4, -0.2) is 29.9 Å². The number of pyridine rings is 1. The molecule has 7 nitrogen and oxygen atoms in total. The Morgan fingerprint density at radius 3 is 2.54 bits per heavy atom. The van der Waals surface area contributed by atoms with Crippen molar-refractivity contribution in [3.8, 4) is 0 Å². The minimum absolute atomic E-state index is 0.152. The number of anilines is 2. The Kier molecular flexibility index (Phi) is 4.33. The molecule has 0 atom stereocenters. The number of amides is 2. The molecule has 0 spiro atoms. The van der Waals surface area contributed by atoms with Crippen LogP contribution in [0, 0.1) is 0 Å². The lowest BCUT2D eigenvalue weighted by atomic mass is 10.1. The first kappa shape index (κ1) is 15.8. The highest BCUT2D eigenvalue weighted by atomic mass is 16.2. The van der Waals surface area contributed by atoms with Gasteiger partial charge >= 0.3 is 0 Å². The topological polar surface area (TPSA) is 108 Å². The quantitative estimate of drug-likeness (QED) is 0.787. The van der Waals surface area contributed by atoms with Crippen molar-refractivity contribution in [1.82, 2.24) is 4.98 Å². The molecule has 0 saturated carbocycles. The van der Waals surface area contributed by atoms with Crippen molar-refractivity contribution in [1.29, 1.82) is 0 Å². The zero-order chi connectivity index (χ0) is 17.1. The van der Waals surface area contributed by atoms with E-state index in [0.29, 0.717) is 11.3 Å². The summed E-state index contributed by atoms with van der Waals surface area (Å²) in [5, 5.41) is 2.77. The summed E-state index contributed by atoms with van der Waals surface area (Å²) < 4.78 is 0. The van der Waals surface area contributed by atoms with Gasteiger partial charge in [-0.2, -0.15) is 0 Å². The average Bonchev–Trinajstić information content (AvgIpc) is 3.09. The third-order valence-corrected chi connectivity index (χ3v) is 3.99. The minimum Gasteiger partial charge on any atom is -0.370 e. The predicted octanol–water partition coefficient (Wildman–Crippen LogP) is 1.33. The van der Waals surface area contributed by atoms with Crippen LogP contribution in [0.4, 0.5) is 11.4 Å². The van der Waals surface area contributed by atoms with Crippen LogP contribution >= 0.6 is 0 Å². The molecule has 1 fully saturated rings. The van der Waals surface area contributed by atoms with E-state index in [1.54, 1.807) is 18.2 Å². The smallest absolute Gasteiger partial charge is 0.272 e. The highest BCUT2D eigenvalue weighted by Gasteiger charge is 2.19. The molecule has 124 valence electrons. The number of primary amides is 1. The first-order chi connectivity index (χ1) is 11.5. The van der Waals surface area contributed by atoms with Gasteiger partial charge in [0.15, 0.2) is 5.43 Å². The predicted molar refractivity (Wildman–Crippen MR) is 91.4 cm³/mol. The van der Waals surface area contributed by atoms with Crippen LogP contribution < -0.4 is 21.4 Å². The number of nitrogens with two attached hydrogens (primary N) is 1. The summed E-state index contributed by atoms with van der Waals surface area (Å²) in [6.07, 6.45) is 3.58. The summed E-state index contributed by atoms with van der Waals surface area (Å²) >= 11 is 0. The second-order valence-electron chi connectivity index (χ2n) is 5.68. The largest absolute Gasteiger partial charge is 0.370 e. The Morgan fingerprint density at radius 2 is 1.88 bits per heavy atom. The van der Waals surface area contributed by atoms with Crippen LogP contribution in [0.3, 0.4) is 0 Å². The van der Waals surface area contributed by atoms with E-state index in [1.807, 2.05) is 0 Å². The lowest BCUT2D eigenvalue weighted by molar-refractivity contribution is 0.0995. The molecule has 0 unspecified atom stereocenters. The maximum absolute atomic E-state index is 12.4. The number of rotatable bonds is 4. The average molecular weight is 326 g/mol. The van der Waals surface area contributed by atoms with E-state index in [9.17, 15) is 14.4 Å². The Bertz CT molecular complexity index is 838. The molecule has 1 aliphatic heterocycles. The molecule has 2 aromatic rings. The fourth-order valence-electron chi connectivity index (χ4n) is 2.79. The van der Waals surface area contributed by atoms with Gasteiger partial charge in [0, 0.05) is 37.0 Å². The van der Waals surface area contributed by atoms with E-state index < -0.39 is 11.8 Å². The number of nitrogens with zero attached hydrogens (tertiary/aromatic N) is 1. The molecule has 2 amide bonds. The summed E-state index contributed by atoms with van der Waals surface area (Å²) in [5.74, 6) is -1.01. The van der Waals surface area contributed by atoms with E-state index in [1.165, 1.54) is 18.3 Å². The maximum atomic E-state index is 12.4. The molecule has 0 radical (unpaired) electrons. The Balaban J connectivity index is 1.94. The fourth-order valence-corrected chi connectivity index (χ4v) is 2.79. The first-order valence-electron chi connectivity index (χ1n) is 7.73. The Labute approximate surface area is 138 Å². The van der Waals surface area contributed by atoms with Crippen molar-refractivity contribution in [3.63, 3.8) is 0 Å². The van der Waals surface area contributed by atoms with Gasteiger partial charge in [0.05, 0.1) is 11.4 Å². The van der Waals surface area contributed by atoms with Crippen LogP contribution in [0.25, 0.3) is 0 Å². The molecule has 1 saturated heterocycles. The SMILES string of the molecule is NC(=O)c1ccc(N2CCCC2)c(NC(=O)c2cc(=O)cc[nH]2)c1. The highest BCUT2D eigenvalue weighted by molar-refractivity contribution is 6.06. The van der Waals surface area contributed by atoms with Gasteiger partial charge < -0.3 is 20.9 Å². The van der Waals surface area contributed by atoms with Gasteiger partial charge in [0.25, 0.3) is 5.91 Å². The first-order valence-corrected chi connectivity index (χ1v) is 7.73. The van der Waals surface area contributed by atoms with E-state index in [4.69, 9.17) is 5.73 Å². The van der Waals surface area contributed by atoms with Crippen LogP contribution in [0.2, 0.25) is 0 Å². The normalized spacial score (nSPS) is 13.8. The number of hydrogen-bond acceptors (Lipinski definition) is 4. The lowest BCUT2D eigenvalue weighted by Crippen LogP contribution is -2.23. The van der Waals surface area contributed by atoms with Crippen molar-refractivity contribution in [2.45, 2.75) is 12.8 Å². The van der Waals surface area contributed by atoms with E-state index in [2.05, 4.69) is 15.2 Å². The van der Waals surface area contributed by atoms with Crippen molar-refractivity contribution in [2.75, 3.05) is 23.3 Å². The molecule has 0 bridgehead atoms. The summed E-state index contributed by atoms with van der Waals surface area (Å²) in [5.41, 5.74) is 6.88. The van der Waals surface area contributed by atoms with Gasteiger partial charge in [0.1, 0.15) is 5.69 Å². The third kappa shape index (κ3) is 3.29. The lowest BCUT2D eigenvalue weighted by Gasteiger charge is -2.22. The number of carbonyl (C=O) groups excluding carboxylic acids is 2.